The van der Waals surface area contributed by atoms with Gasteiger partial charge in [0.05, 0.1) is 5.75 Å². The highest BCUT2D eigenvalue weighted by atomic mass is 32.2. The lowest BCUT2D eigenvalue weighted by atomic mass is 10.2. The zero-order valence-electron chi connectivity index (χ0n) is 15.0. The van der Waals surface area contributed by atoms with Crippen LogP contribution in [0.2, 0.25) is 0 Å². The van der Waals surface area contributed by atoms with Gasteiger partial charge in [-0.25, -0.2) is 0 Å². The van der Waals surface area contributed by atoms with E-state index >= 15 is 0 Å². The molecule has 0 unspecified atom stereocenters. The van der Waals surface area contributed by atoms with Crippen molar-refractivity contribution >= 4 is 28.9 Å². The first-order valence-electron chi connectivity index (χ1n) is 8.88. The van der Waals surface area contributed by atoms with Crippen LogP contribution in [0.5, 0.6) is 0 Å². The molecule has 4 rings (SSSR count). The first-order chi connectivity index (χ1) is 12.6. The summed E-state index contributed by atoms with van der Waals surface area (Å²) in [6, 6.07) is 6.81. The Bertz CT molecular complexity index is 906. The molecule has 3 aromatic rings. The fourth-order valence-electron chi connectivity index (χ4n) is 3.25. The molecule has 0 bridgehead atoms. The molecule has 136 valence electrons. The number of Topliss-reactive ketones (excluding diaryl/α,β-unsaturated/α-hetero) is 1. The molecule has 3 heterocycles. The van der Waals surface area contributed by atoms with Gasteiger partial charge in [0.15, 0.2) is 10.9 Å². The van der Waals surface area contributed by atoms with Crippen molar-refractivity contribution in [2.75, 3.05) is 5.75 Å². The predicted molar refractivity (Wildman–Crippen MR) is 105 cm³/mol. The molecule has 0 amide bonds. The minimum Gasteiger partial charge on any atom is -0.348 e. The molecule has 0 spiro atoms. The topological polar surface area (TPSA) is 52.7 Å². The van der Waals surface area contributed by atoms with Gasteiger partial charge in [-0.3, -0.25) is 4.79 Å². The van der Waals surface area contributed by atoms with Gasteiger partial charge in [-0.2, -0.15) is 0 Å². The summed E-state index contributed by atoms with van der Waals surface area (Å²) in [5, 5.41) is 11.1. The molecular weight excluding hydrogens is 364 g/mol. The first kappa shape index (κ1) is 17.5. The molecule has 0 N–H and O–H groups in total. The summed E-state index contributed by atoms with van der Waals surface area (Å²) in [6.07, 6.45) is 5.15. The van der Waals surface area contributed by atoms with Crippen LogP contribution in [0.4, 0.5) is 0 Å². The van der Waals surface area contributed by atoms with Crippen LogP contribution >= 0.6 is 23.1 Å². The highest BCUT2D eigenvalue weighted by Gasteiger charge is 2.26. The second-order valence-corrected chi connectivity index (χ2v) is 8.70. The van der Waals surface area contributed by atoms with Crippen LogP contribution < -0.4 is 0 Å². The van der Waals surface area contributed by atoms with Gasteiger partial charge in [0.1, 0.15) is 6.33 Å². The van der Waals surface area contributed by atoms with Gasteiger partial charge in [0, 0.05) is 34.4 Å². The van der Waals surface area contributed by atoms with Crippen LogP contribution in [0.15, 0.2) is 35.1 Å². The summed E-state index contributed by atoms with van der Waals surface area (Å²) in [5.74, 6) is 0.566. The van der Waals surface area contributed by atoms with Crippen molar-refractivity contribution < 1.29 is 4.79 Å². The van der Waals surface area contributed by atoms with E-state index in [4.69, 9.17) is 0 Å². The molecule has 7 heteroatoms. The average molecular weight is 387 g/mol. The third-order valence-electron chi connectivity index (χ3n) is 4.85. The minimum atomic E-state index is 0.163. The molecule has 1 aliphatic rings. The third-order valence-corrected chi connectivity index (χ3v) is 6.74. The van der Waals surface area contributed by atoms with Crippen molar-refractivity contribution in [1.29, 1.82) is 0 Å². The van der Waals surface area contributed by atoms with Crippen LogP contribution in [0.3, 0.4) is 0 Å². The summed E-state index contributed by atoms with van der Waals surface area (Å²) in [4.78, 5) is 14.1. The summed E-state index contributed by atoms with van der Waals surface area (Å²) in [7, 11) is 0. The predicted octanol–water partition coefficient (Wildman–Crippen LogP) is 4.31. The van der Waals surface area contributed by atoms with Gasteiger partial charge >= 0.3 is 0 Å². The molecule has 26 heavy (non-hydrogen) atoms. The maximum Gasteiger partial charge on any atom is 0.191 e. The van der Waals surface area contributed by atoms with Crippen molar-refractivity contribution in [3.05, 3.63) is 51.7 Å². The number of carbonyl (C=O) groups excluding carboxylic acids is 1. The van der Waals surface area contributed by atoms with Crippen LogP contribution in [0, 0.1) is 13.8 Å². The number of nitrogens with zero attached hydrogens (tertiary/aromatic N) is 4. The summed E-state index contributed by atoms with van der Waals surface area (Å²) in [6.45, 7) is 5.04. The number of aromatic nitrogens is 4. The van der Waals surface area contributed by atoms with E-state index in [1.165, 1.54) is 29.5 Å². The Hall–Kier alpha value is -1.86. The largest absolute Gasteiger partial charge is 0.348 e. The fourth-order valence-corrected chi connectivity index (χ4v) is 4.81. The van der Waals surface area contributed by atoms with E-state index in [0.29, 0.717) is 11.8 Å². The Morgan fingerprint density at radius 3 is 2.96 bits per heavy atom. The molecular formula is C19H22N4OS2. The van der Waals surface area contributed by atoms with Gasteiger partial charge in [-0.05, 0) is 50.6 Å². The lowest BCUT2D eigenvalue weighted by Gasteiger charge is -2.09. The lowest BCUT2D eigenvalue weighted by Crippen LogP contribution is -2.08. The van der Waals surface area contributed by atoms with E-state index in [-0.39, 0.29) is 5.78 Å². The normalized spacial score (nSPS) is 14.1. The van der Waals surface area contributed by atoms with Crippen molar-refractivity contribution in [2.45, 2.75) is 50.9 Å². The van der Waals surface area contributed by atoms with E-state index in [1.807, 2.05) is 13.0 Å². The molecule has 5 nitrogen and oxygen atoms in total. The van der Waals surface area contributed by atoms with Gasteiger partial charge < -0.3 is 9.13 Å². The van der Waals surface area contributed by atoms with E-state index < -0.39 is 0 Å². The number of thiophene rings is 1. The Labute approximate surface area is 161 Å². The first-order valence-corrected chi connectivity index (χ1v) is 10.7. The maximum atomic E-state index is 12.8. The highest BCUT2D eigenvalue weighted by molar-refractivity contribution is 7.99. The van der Waals surface area contributed by atoms with Crippen LogP contribution in [-0.2, 0) is 13.0 Å². The van der Waals surface area contributed by atoms with Crippen molar-refractivity contribution in [2.24, 2.45) is 0 Å². The molecule has 1 saturated carbocycles. The molecule has 0 aliphatic heterocycles. The summed E-state index contributed by atoms with van der Waals surface area (Å²) in [5.41, 5.74) is 3.04. The maximum absolute atomic E-state index is 12.8. The second kappa shape index (κ2) is 7.40. The zero-order chi connectivity index (χ0) is 18.1. The third kappa shape index (κ3) is 3.64. The standard InChI is InChI=1S/C19H22N4OS2/c1-13-10-17(14(2)22(13)8-7-16-4-3-9-25-16)18(24)11-26-19-21-20-12-23(19)15-5-6-15/h3-4,9-10,12,15H,5-8,11H2,1-2H3. The van der Waals surface area contributed by atoms with E-state index in [0.717, 1.165) is 35.1 Å². The van der Waals surface area contributed by atoms with Crippen LogP contribution in [0.1, 0.15) is 45.5 Å². The van der Waals surface area contributed by atoms with Crippen molar-refractivity contribution in [3.63, 3.8) is 0 Å². The minimum absolute atomic E-state index is 0.163. The highest BCUT2D eigenvalue weighted by Crippen LogP contribution is 2.37. The molecule has 0 radical (unpaired) electrons. The van der Waals surface area contributed by atoms with E-state index in [9.17, 15) is 4.79 Å². The lowest BCUT2D eigenvalue weighted by molar-refractivity contribution is 0.102. The van der Waals surface area contributed by atoms with E-state index in [1.54, 1.807) is 17.7 Å². The number of hydrogen-bond donors (Lipinski definition) is 0. The Balaban J connectivity index is 1.42. The van der Waals surface area contributed by atoms with Gasteiger partial charge in [-0.15, -0.1) is 21.5 Å². The zero-order valence-corrected chi connectivity index (χ0v) is 16.6. The van der Waals surface area contributed by atoms with Crippen molar-refractivity contribution in [1.82, 2.24) is 19.3 Å². The van der Waals surface area contributed by atoms with Gasteiger partial charge in [0.2, 0.25) is 0 Å². The van der Waals surface area contributed by atoms with Gasteiger partial charge in [0.25, 0.3) is 0 Å². The second-order valence-electron chi connectivity index (χ2n) is 6.73. The number of aryl methyl sites for hydroxylation is 2. The number of carbonyl (C=O) groups is 1. The number of ketones is 1. The Kier molecular flexibility index (Phi) is 5.00. The Morgan fingerprint density at radius 2 is 2.23 bits per heavy atom. The van der Waals surface area contributed by atoms with Crippen molar-refractivity contribution in [3.8, 4) is 0 Å². The summed E-state index contributed by atoms with van der Waals surface area (Å²) >= 11 is 3.28. The fraction of sp³-hybridized carbons (Fsp3) is 0.421. The molecule has 3 aromatic heterocycles. The molecule has 0 aromatic carbocycles. The monoisotopic (exact) mass is 386 g/mol. The number of thioether (sulfide) groups is 1. The number of rotatable bonds is 8. The molecule has 1 fully saturated rings. The SMILES string of the molecule is Cc1cc(C(=O)CSc2nncn2C2CC2)c(C)n1CCc1cccs1. The smallest absolute Gasteiger partial charge is 0.191 e. The molecule has 0 atom stereocenters. The molecule has 0 saturated heterocycles. The van der Waals surface area contributed by atoms with E-state index in [2.05, 4.69) is 43.8 Å². The quantitative estimate of drug-likeness (QED) is 0.428. The average Bonchev–Trinajstić information content (AvgIpc) is 3.05. The summed E-state index contributed by atoms with van der Waals surface area (Å²) < 4.78 is 4.35. The van der Waals surface area contributed by atoms with Gasteiger partial charge in [-0.1, -0.05) is 17.8 Å². The van der Waals surface area contributed by atoms with Crippen LogP contribution in [-0.4, -0.2) is 30.9 Å². The molecule has 1 aliphatic carbocycles. The van der Waals surface area contributed by atoms with Crippen LogP contribution in [0.25, 0.3) is 0 Å². The Morgan fingerprint density at radius 1 is 1.38 bits per heavy atom. The number of hydrogen-bond acceptors (Lipinski definition) is 5.